The van der Waals surface area contributed by atoms with Gasteiger partial charge in [-0.05, 0) is 42.3 Å². The van der Waals surface area contributed by atoms with Gasteiger partial charge in [0.1, 0.15) is 0 Å². The maximum absolute atomic E-state index is 10.9. The van der Waals surface area contributed by atoms with Crippen LogP contribution in [0.3, 0.4) is 0 Å². The van der Waals surface area contributed by atoms with Gasteiger partial charge in [0.2, 0.25) is 0 Å². The van der Waals surface area contributed by atoms with Gasteiger partial charge in [-0.15, -0.1) is 0 Å². The number of nitrogens with one attached hydrogen (secondary N) is 1. The Morgan fingerprint density at radius 3 is 2.50 bits per heavy atom. The topological polar surface area (TPSA) is 49.3 Å². The van der Waals surface area contributed by atoms with Gasteiger partial charge in [-0.3, -0.25) is 4.79 Å². The Balaban J connectivity index is 1.80. The highest BCUT2D eigenvalue weighted by Crippen LogP contribution is 2.27. The van der Waals surface area contributed by atoms with E-state index in [-0.39, 0.29) is 6.42 Å². The molecule has 0 saturated heterocycles. The molecule has 1 aliphatic rings. The van der Waals surface area contributed by atoms with Crippen LogP contribution in [0.15, 0.2) is 24.3 Å². The van der Waals surface area contributed by atoms with E-state index in [1.54, 1.807) is 0 Å². The molecule has 20 heavy (non-hydrogen) atoms. The normalized spacial score (nSPS) is 22.6. The molecule has 0 aliphatic heterocycles. The van der Waals surface area contributed by atoms with E-state index < -0.39 is 5.97 Å². The number of aliphatic carboxylic acids is 1. The molecule has 0 atom stereocenters. The average Bonchev–Trinajstić information content (AvgIpc) is 2.42. The van der Waals surface area contributed by atoms with Gasteiger partial charge >= 0.3 is 5.97 Å². The lowest BCUT2D eigenvalue weighted by atomic mass is 9.83. The van der Waals surface area contributed by atoms with Gasteiger partial charge in [-0.25, -0.2) is 0 Å². The Kier molecular flexibility index (Phi) is 5.60. The fourth-order valence-corrected chi connectivity index (χ4v) is 3.01. The lowest BCUT2D eigenvalue weighted by Crippen LogP contribution is -2.26. The van der Waals surface area contributed by atoms with E-state index in [4.69, 9.17) is 5.11 Å². The van der Waals surface area contributed by atoms with Crippen LogP contribution in [0.1, 0.15) is 43.7 Å². The first kappa shape index (κ1) is 15.0. The molecule has 1 aromatic carbocycles. The van der Waals surface area contributed by atoms with E-state index in [2.05, 4.69) is 12.2 Å². The van der Waals surface area contributed by atoms with Crippen molar-refractivity contribution in [3.63, 3.8) is 0 Å². The number of carboxylic acid groups (broad SMARTS) is 1. The van der Waals surface area contributed by atoms with E-state index >= 15 is 0 Å². The van der Waals surface area contributed by atoms with Crippen LogP contribution in [-0.2, 0) is 17.8 Å². The molecule has 2 rings (SSSR count). The van der Waals surface area contributed by atoms with Crippen molar-refractivity contribution in [2.75, 3.05) is 6.54 Å². The maximum Gasteiger partial charge on any atom is 0.307 e. The molecule has 110 valence electrons. The van der Waals surface area contributed by atoms with Crippen molar-refractivity contribution >= 4 is 5.97 Å². The summed E-state index contributed by atoms with van der Waals surface area (Å²) in [6, 6.07) is 7.82. The van der Waals surface area contributed by atoms with Crippen LogP contribution >= 0.6 is 0 Å². The minimum absolute atomic E-state index is 0.110. The summed E-state index contributed by atoms with van der Waals surface area (Å²) in [5.41, 5.74) is 2.03. The van der Waals surface area contributed by atoms with Gasteiger partial charge in [0.25, 0.3) is 0 Å². The predicted octanol–water partition coefficient (Wildman–Crippen LogP) is 3.23. The molecule has 0 bridgehead atoms. The van der Waals surface area contributed by atoms with E-state index in [1.165, 1.54) is 25.7 Å². The summed E-state index contributed by atoms with van der Waals surface area (Å²) in [5.74, 6) is 0.916. The molecule has 1 aromatic rings. The van der Waals surface area contributed by atoms with Crippen LogP contribution in [0.2, 0.25) is 0 Å². The third-order valence-electron chi connectivity index (χ3n) is 4.34. The van der Waals surface area contributed by atoms with Gasteiger partial charge in [0.05, 0.1) is 6.42 Å². The second kappa shape index (κ2) is 7.44. The second-order valence-electron chi connectivity index (χ2n) is 6.10. The third-order valence-corrected chi connectivity index (χ3v) is 4.34. The summed E-state index contributed by atoms with van der Waals surface area (Å²) < 4.78 is 0. The second-order valence-corrected chi connectivity index (χ2v) is 6.10. The predicted molar refractivity (Wildman–Crippen MR) is 80.6 cm³/mol. The van der Waals surface area contributed by atoms with Crippen molar-refractivity contribution in [2.24, 2.45) is 11.8 Å². The van der Waals surface area contributed by atoms with Gasteiger partial charge in [-0.1, -0.05) is 44.0 Å². The zero-order chi connectivity index (χ0) is 14.4. The van der Waals surface area contributed by atoms with Crippen molar-refractivity contribution in [2.45, 2.75) is 45.6 Å². The summed E-state index contributed by atoms with van der Waals surface area (Å²) in [6.07, 6.45) is 5.46. The molecule has 0 unspecified atom stereocenters. The van der Waals surface area contributed by atoms with Crippen molar-refractivity contribution in [1.82, 2.24) is 5.32 Å². The number of carbonyl (C=O) groups is 1. The Morgan fingerprint density at radius 2 is 1.85 bits per heavy atom. The number of benzene rings is 1. The molecule has 0 spiro atoms. The van der Waals surface area contributed by atoms with Crippen LogP contribution < -0.4 is 5.32 Å². The molecule has 0 heterocycles. The van der Waals surface area contributed by atoms with Crippen molar-refractivity contribution in [3.8, 4) is 0 Å². The molecule has 3 heteroatoms. The number of carboxylic acids is 1. The Morgan fingerprint density at radius 1 is 1.20 bits per heavy atom. The van der Waals surface area contributed by atoms with Gasteiger partial charge in [0, 0.05) is 6.54 Å². The fourth-order valence-electron chi connectivity index (χ4n) is 3.01. The zero-order valence-corrected chi connectivity index (χ0v) is 12.3. The summed E-state index contributed by atoms with van der Waals surface area (Å²) in [5, 5.41) is 12.4. The number of hydrogen-bond donors (Lipinski definition) is 2. The summed E-state index contributed by atoms with van der Waals surface area (Å²) in [7, 11) is 0. The molecule has 0 aromatic heterocycles. The molecule has 2 N–H and O–H groups in total. The average molecular weight is 275 g/mol. The van der Waals surface area contributed by atoms with E-state index in [9.17, 15) is 4.79 Å². The zero-order valence-electron chi connectivity index (χ0n) is 12.3. The lowest BCUT2D eigenvalue weighted by Gasteiger charge is -2.26. The highest BCUT2D eigenvalue weighted by molar-refractivity contribution is 5.70. The van der Waals surface area contributed by atoms with Crippen LogP contribution in [0.4, 0.5) is 0 Å². The quantitative estimate of drug-likeness (QED) is 0.838. The standard InChI is InChI=1S/C17H25NO2/c1-13-6-8-14(9-7-13)11-18-12-16-5-3-2-4-15(16)10-17(19)20/h2-5,13-14,18H,6-12H2,1H3,(H,19,20). The highest BCUT2D eigenvalue weighted by Gasteiger charge is 2.17. The van der Waals surface area contributed by atoms with Gasteiger partial charge < -0.3 is 10.4 Å². The largest absolute Gasteiger partial charge is 0.481 e. The van der Waals surface area contributed by atoms with Crippen LogP contribution in [0.5, 0.6) is 0 Å². The monoisotopic (exact) mass is 275 g/mol. The van der Waals surface area contributed by atoms with Gasteiger partial charge in [0.15, 0.2) is 0 Å². The van der Waals surface area contributed by atoms with Crippen molar-refractivity contribution < 1.29 is 9.90 Å². The highest BCUT2D eigenvalue weighted by atomic mass is 16.4. The smallest absolute Gasteiger partial charge is 0.307 e. The fraction of sp³-hybridized carbons (Fsp3) is 0.588. The maximum atomic E-state index is 10.9. The first-order valence-corrected chi connectivity index (χ1v) is 7.64. The van der Waals surface area contributed by atoms with Gasteiger partial charge in [-0.2, -0.15) is 0 Å². The summed E-state index contributed by atoms with van der Waals surface area (Å²) in [4.78, 5) is 10.9. The Bertz CT molecular complexity index is 436. The SMILES string of the molecule is CC1CCC(CNCc2ccccc2CC(=O)O)CC1. The van der Waals surface area contributed by atoms with Crippen molar-refractivity contribution in [3.05, 3.63) is 35.4 Å². The molecule has 3 nitrogen and oxygen atoms in total. The van der Waals surface area contributed by atoms with E-state index in [0.29, 0.717) is 0 Å². The van der Waals surface area contributed by atoms with E-state index in [0.717, 1.165) is 36.1 Å². The molecule has 0 radical (unpaired) electrons. The first-order chi connectivity index (χ1) is 9.65. The summed E-state index contributed by atoms with van der Waals surface area (Å²) in [6.45, 7) is 4.16. The van der Waals surface area contributed by atoms with Crippen LogP contribution in [0, 0.1) is 11.8 Å². The molecular weight excluding hydrogens is 250 g/mol. The Labute approximate surface area is 121 Å². The molecule has 1 fully saturated rings. The van der Waals surface area contributed by atoms with E-state index in [1.807, 2.05) is 24.3 Å². The molecule has 1 aliphatic carbocycles. The minimum atomic E-state index is -0.765. The number of hydrogen-bond acceptors (Lipinski definition) is 2. The minimum Gasteiger partial charge on any atom is -0.481 e. The van der Waals surface area contributed by atoms with Crippen LogP contribution in [0.25, 0.3) is 0 Å². The lowest BCUT2D eigenvalue weighted by molar-refractivity contribution is -0.136. The molecular formula is C17H25NO2. The summed E-state index contributed by atoms with van der Waals surface area (Å²) >= 11 is 0. The first-order valence-electron chi connectivity index (χ1n) is 7.64. The molecule has 1 saturated carbocycles. The van der Waals surface area contributed by atoms with Crippen LogP contribution in [-0.4, -0.2) is 17.6 Å². The third kappa shape index (κ3) is 4.64. The van der Waals surface area contributed by atoms with Crippen molar-refractivity contribution in [1.29, 1.82) is 0 Å². The number of rotatable bonds is 6. The Hall–Kier alpha value is -1.35. The molecule has 0 amide bonds.